The van der Waals surface area contributed by atoms with Crippen LogP contribution in [0, 0.1) is 11.3 Å². The van der Waals surface area contributed by atoms with Gasteiger partial charge in [-0.1, -0.05) is 12.1 Å². The Morgan fingerprint density at radius 2 is 2.00 bits per heavy atom. The van der Waals surface area contributed by atoms with Crippen molar-refractivity contribution in [2.45, 2.75) is 18.9 Å². The summed E-state index contributed by atoms with van der Waals surface area (Å²) in [6.45, 7) is 2.07. The molecule has 1 unspecified atom stereocenters. The Labute approximate surface area is 95.6 Å². The summed E-state index contributed by atoms with van der Waals surface area (Å²) in [4.78, 5) is 0. The van der Waals surface area contributed by atoms with Gasteiger partial charge in [0.2, 0.25) is 0 Å². The highest BCUT2D eigenvalue weighted by atomic mass is 16.5. The second kappa shape index (κ2) is 5.38. The van der Waals surface area contributed by atoms with Gasteiger partial charge in [-0.25, -0.2) is 0 Å². The largest absolute Gasteiger partial charge is 0.493 e. The van der Waals surface area contributed by atoms with Crippen LogP contribution in [0.3, 0.4) is 0 Å². The number of methoxy groups -OCH3 is 1. The quantitative estimate of drug-likeness (QED) is 0.820. The van der Waals surface area contributed by atoms with E-state index in [-0.39, 0.29) is 0 Å². The van der Waals surface area contributed by atoms with Crippen LogP contribution in [0.4, 0.5) is 0 Å². The zero-order chi connectivity index (χ0) is 12.0. The highest BCUT2D eigenvalue weighted by Gasteiger charge is 2.17. The number of para-hydroxylation sites is 2. The van der Waals surface area contributed by atoms with Gasteiger partial charge in [-0.3, -0.25) is 0 Å². The molecule has 0 spiro atoms. The van der Waals surface area contributed by atoms with Crippen molar-refractivity contribution < 1.29 is 9.47 Å². The molecule has 1 aromatic carbocycles. The predicted molar refractivity (Wildman–Crippen MR) is 61.3 cm³/mol. The third-order valence-electron chi connectivity index (χ3n) is 2.20. The fraction of sp³-hybridized carbons (Fsp3) is 0.417. The zero-order valence-corrected chi connectivity index (χ0v) is 9.56. The van der Waals surface area contributed by atoms with Gasteiger partial charge in [0, 0.05) is 6.42 Å². The van der Waals surface area contributed by atoms with Crippen molar-refractivity contribution in [3.05, 3.63) is 24.3 Å². The second-order valence-corrected chi connectivity index (χ2v) is 3.78. The van der Waals surface area contributed by atoms with E-state index in [2.05, 4.69) is 0 Å². The molecule has 0 amide bonds. The van der Waals surface area contributed by atoms with Gasteiger partial charge in [0.1, 0.15) is 5.54 Å². The maximum Gasteiger partial charge on any atom is 0.161 e. The van der Waals surface area contributed by atoms with E-state index in [0.29, 0.717) is 24.5 Å². The molecule has 0 saturated carbocycles. The minimum absolute atomic E-state index is 0.390. The molecule has 0 fully saturated rings. The van der Waals surface area contributed by atoms with E-state index < -0.39 is 5.54 Å². The average molecular weight is 220 g/mol. The molecule has 0 aliphatic carbocycles. The lowest BCUT2D eigenvalue weighted by atomic mass is 10.0. The van der Waals surface area contributed by atoms with Crippen molar-refractivity contribution in [3.8, 4) is 17.6 Å². The molecule has 0 aromatic heterocycles. The van der Waals surface area contributed by atoms with Gasteiger partial charge < -0.3 is 15.2 Å². The number of nitrogens with zero attached hydrogens (tertiary/aromatic N) is 1. The van der Waals surface area contributed by atoms with Crippen molar-refractivity contribution in [2.24, 2.45) is 5.73 Å². The Bertz CT molecular complexity index is 383. The van der Waals surface area contributed by atoms with Crippen LogP contribution in [0.15, 0.2) is 24.3 Å². The highest BCUT2D eigenvalue weighted by Crippen LogP contribution is 2.26. The third-order valence-corrected chi connectivity index (χ3v) is 2.20. The van der Waals surface area contributed by atoms with Crippen LogP contribution in [-0.2, 0) is 0 Å². The summed E-state index contributed by atoms with van der Waals surface area (Å²) in [5, 5.41) is 8.74. The first kappa shape index (κ1) is 12.3. The molecular weight excluding hydrogens is 204 g/mol. The van der Waals surface area contributed by atoms with E-state index in [1.165, 1.54) is 0 Å². The number of rotatable bonds is 5. The highest BCUT2D eigenvalue weighted by molar-refractivity contribution is 5.39. The lowest BCUT2D eigenvalue weighted by Crippen LogP contribution is -2.35. The number of benzene rings is 1. The average Bonchev–Trinajstić information content (AvgIpc) is 2.29. The lowest BCUT2D eigenvalue weighted by Gasteiger charge is -2.16. The minimum Gasteiger partial charge on any atom is -0.493 e. The van der Waals surface area contributed by atoms with Crippen molar-refractivity contribution in [2.75, 3.05) is 13.7 Å². The lowest BCUT2D eigenvalue weighted by molar-refractivity contribution is 0.270. The van der Waals surface area contributed by atoms with Crippen molar-refractivity contribution in [1.29, 1.82) is 5.26 Å². The molecular formula is C12H16N2O2. The molecule has 1 atom stereocenters. The van der Waals surface area contributed by atoms with Crippen molar-refractivity contribution in [1.82, 2.24) is 0 Å². The maximum absolute atomic E-state index is 8.74. The van der Waals surface area contributed by atoms with Gasteiger partial charge in [-0.15, -0.1) is 0 Å². The van der Waals surface area contributed by atoms with Gasteiger partial charge in [0.05, 0.1) is 19.8 Å². The Kier molecular flexibility index (Phi) is 4.15. The van der Waals surface area contributed by atoms with E-state index in [9.17, 15) is 0 Å². The Morgan fingerprint density at radius 1 is 1.38 bits per heavy atom. The molecule has 1 rings (SSSR count). The van der Waals surface area contributed by atoms with E-state index in [1.807, 2.05) is 30.3 Å². The van der Waals surface area contributed by atoms with Crippen LogP contribution < -0.4 is 15.2 Å². The van der Waals surface area contributed by atoms with Crippen LogP contribution >= 0.6 is 0 Å². The number of hydrogen-bond donors (Lipinski definition) is 1. The summed E-state index contributed by atoms with van der Waals surface area (Å²) in [5.41, 5.74) is 4.83. The molecule has 4 heteroatoms. The molecule has 0 aliphatic heterocycles. The SMILES string of the molecule is COc1ccccc1OCCC(C)(N)C#N. The van der Waals surface area contributed by atoms with E-state index in [1.54, 1.807) is 14.0 Å². The first-order valence-corrected chi connectivity index (χ1v) is 5.05. The molecule has 0 aliphatic rings. The summed E-state index contributed by atoms with van der Waals surface area (Å²) < 4.78 is 10.6. The standard InChI is InChI=1S/C12H16N2O2/c1-12(14,9-13)7-8-16-11-6-4-3-5-10(11)15-2/h3-6H,7-8,14H2,1-2H3. The normalized spacial score (nSPS) is 13.6. The van der Waals surface area contributed by atoms with E-state index in [4.69, 9.17) is 20.5 Å². The molecule has 0 bridgehead atoms. The first-order chi connectivity index (χ1) is 7.59. The fourth-order valence-corrected chi connectivity index (χ4v) is 1.17. The Hall–Kier alpha value is -1.73. The van der Waals surface area contributed by atoms with E-state index >= 15 is 0 Å². The molecule has 0 saturated heterocycles. The number of hydrogen-bond acceptors (Lipinski definition) is 4. The Morgan fingerprint density at radius 3 is 2.56 bits per heavy atom. The number of nitrogens with two attached hydrogens (primary N) is 1. The van der Waals surface area contributed by atoms with E-state index in [0.717, 1.165) is 0 Å². The second-order valence-electron chi connectivity index (χ2n) is 3.78. The molecule has 4 nitrogen and oxygen atoms in total. The summed E-state index contributed by atoms with van der Waals surface area (Å²) in [6.07, 6.45) is 0.474. The monoisotopic (exact) mass is 220 g/mol. The smallest absolute Gasteiger partial charge is 0.161 e. The molecule has 0 heterocycles. The minimum atomic E-state index is -0.845. The number of nitriles is 1. The van der Waals surface area contributed by atoms with Crippen molar-refractivity contribution >= 4 is 0 Å². The summed E-state index contributed by atoms with van der Waals surface area (Å²) >= 11 is 0. The molecule has 86 valence electrons. The third kappa shape index (κ3) is 3.44. The fourth-order valence-electron chi connectivity index (χ4n) is 1.17. The van der Waals surface area contributed by atoms with Crippen LogP contribution in [0.1, 0.15) is 13.3 Å². The molecule has 0 radical (unpaired) electrons. The molecule has 2 N–H and O–H groups in total. The molecule has 16 heavy (non-hydrogen) atoms. The summed E-state index contributed by atoms with van der Waals surface area (Å²) in [5.74, 6) is 1.34. The predicted octanol–water partition coefficient (Wildman–Crippen LogP) is 1.71. The van der Waals surface area contributed by atoms with Crippen LogP contribution in [0.25, 0.3) is 0 Å². The van der Waals surface area contributed by atoms with Gasteiger partial charge in [-0.2, -0.15) is 5.26 Å². The summed E-state index contributed by atoms with van der Waals surface area (Å²) in [7, 11) is 1.59. The van der Waals surface area contributed by atoms with Crippen molar-refractivity contribution in [3.63, 3.8) is 0 Å². The topological polar surface area (TPSA) is 68.3 Å². The summed E-state index contributed by atoms with van der Waals surface area (Å²) in [6, 6.07) is 9.40. The zero-order valence-electron chi connectivity index (χ0n) is 9.56. The van der Waals surface area contributed by atoms with Gasteiger partial charge >= 0.3 is 0 Å². The van der Waals surface area contributed by atoms with Crippen LogP contribution in [0.5, 0.6) is 11.5 Å². The van der Waals surface area contributed by atoms with Crippen LogP contribution in [-0.4, -0.2) is 19.3 Å². The Balaban J connectivity index is 2.53. The molecule has 1 aromatic rings. The van der Waals surface area contributed by atoms with Gasteiger partial charge in [0.15, 0.2) is 11.5 Å². The van der Waals surface area contributed by atoms with Gasteiger partial charge in [-0.05, 0) is 19.1 Å². The maximum atomic E-state index is 8.74. The van der Waals surface area contributed by atoms with Crippen LogP contribution in [0.2, 0.25) is 0 Å². The first-order valence-electron chi connectivity index (χ1n) is 5.05. The number of ether oxygens (including phenoxy) is 2. The van der Waals surface area contributed by atoms with Gasteiger partial charge in [0.25, 0.3) is 0 Å².